The molecule has 5 heteroatoms. The molecule has 108 valence electrons. The van der Waals surface area contributed by atoms with Gasteiger partial charge in [-0.1, -0.05) is 24.1 Å². The Bertz CT molecular complexity index is 794. The lowest BCUT2D eigenvalue weighted by molar-refractivity contribution is 0.591. The van der Waals surface area contributed by atoms with E-state index in [9.17, 15) is 8.42 Å². The first-order valence-corrected chi connectivity index (χ1v) is 8.58. The molecule has 0 radical (unpaired) electrons. The molecule has 0 unspecified atom stereocenters. The standard InChI is InChI=1S/C16H14BrNO2S/c1-3-13-8-7-9-14(12-13)18(4-2)21(19,20)16-11-6-5-10-15(16)17/h1,5-12H,4H2,2H3. The van der Waals surface area contributed by atoms with Gasteiger partial charge in [0, 0.05) is 16.6 Å². The molecule has 0 atom stereocenters. The van der Waals surface area contributed by atoms with Gasteiger partial charge in [0.2, 0.25) is 0 Å². The highest BCUT2D eigenvalue weighted by molar-refractivity contribution is 9.10. The van der Waals surface area contributed by atoms with E-state index in [4.69, 9.17) is 6.42 Å². The molecule has 2 aromatic rings. The van der Waals surface area contributed by atoms with Crippen LogP contribution in [0, 0.1) is 12.3 Å². The number of halogens is 1. The van der Waals surface area contributed by atoms with Crippen molar-refractivity contribution >= 4 is 31.6 Å². The van der Waals surface area contributed by atoms with Gasteiger partial charge < -0.3 is 0 Å². The lowest BCUT2D eigenvalue weighted by Crippen LogP contribution is -2.31. The van der Waals surface area contributed by atoms with Gasteiger partial charge in [0.15, 0.2) is 0 Å². The van der Waals surface area contributed by atoms with E-state index in [0.717, 1.165) is 0 Å². The molecule has 0 bridgehead atoms. The van der Waals surface area contributed by atoms with Crippen LogP contribution in [-0.2, 0) is 10.0 Å². The number of anilines is 1. The predicted octanol–water partition coefficient (Wildman–Crippen LogP) is 3.65. The Morgan fingerprint density at radius 1 is 1.19 bits per heavy atom. The van der Waals surface area contributed by atoms with Gasteiger partial charge in [-0.15, -0.1) is 6.42 Å². The van der Waals surface area contributed by atoms with Crippen LogP contribution >= 0.6 is 15.9 Å². The largest absolute Gasteiger partial charge is 0.267 e. The highest BCUT2D eigenvalue weighted by Crippen LogP contribution is 2.28. The van der Waals surface area contributed by atoms with Crippen LogP contribution in [-0.4, -0.2) is 15.0 Å². The second-order valence-corrected chi connectivity index (χ2v) is 6.98. The summed E-state index contributed by atoms with van der Waals surface area (Å²) in [5.74, 6) is 2.52. The van der Waals surface area contributed by atoms with Gasteiger partial charge in [-0.05, 0) is 53.2 Å². The van der Waals surface area contributed by atoms with Gasteiger partial charge in [-0.2, -0.15) is 0 Å². The van der Waals surface area contributed by atoms with E-state index in [-0.39, 0.29) is 4.90 Å². The lowest BCUT2D eigenvalue weighted by atomic mass is 10.2. The van der Waals surface area contributed by atoms with E-state index < -0.39 is 10.0 Å². The van der Waals surface area contributed by atoms with Gasteiger partial charge in [0.25, 0.3) is 10.0 Å². The zero-order valence-corrected chi connectivity index (χ0v) is 13.9. The Balaban J connectivity index is 2.55. The van der Waals surface area contributed by atoms with E-state index in [1.54, 1.807) is 55.5 Å². The van der Waals surface area contributed by atoms with E-state index in [2.05, 4.69) is 21.9 Å². The average molecular weight is 364 g/mol. The van der Waals surface area contributed by atoms with Gasteiger partial charge in [-0.25, -0.2) is 8.42 Å². The van der Waals surface area contributed by atoms with Crippen molar-refractivity contribution in [3.63, 3.8) is 0 Å². The first-order chi connectivity index (χ1) is 10.0. The van der Waals surface area contributed by atoms with Crippen molar-refractivity contribution in [2.24, 2.45) is 0 Å². The summed E-state index contributed by atoms with van der Waals surface area (Å²) in [7, 11) is -3.64. The van der Waals surface area contributed by atoms with Crippen molar-refractivity contribution in [2.75, 3.05) is 10.8 Å². The van der Waals surface area contributed by atoms with E-state index in [1.807, 2.05) is 0 Å². The van der Waals surface area contributed by atoms with Gasteiger partial charge in [0.1, 0.15) is 4.90 Å². The van der Waals surface area contributed by atoms with Crippen molar-refractivity contribution < 1.29 is 8.42 Å². The van der Waals surface area contributed by atoms with Gasteiger partial charge >= 0.3 is 0 Å². The lowest BCUT2D eigenvalue weighted by Gasteiger charge is -2.23. The molecule has 0 aliphatic carbocycles. The number of terminal acetylenes is 1. The SMILES string of the molecule is C#Cc1cccc(N(CC)S(=O)(=O)c2ccccc2Br)c1. The minimum absolute atomic E-state index is 0.234. The van der Waals surface area contributed by atoms with Crippen LogP contribution in [0.1, 0.15) is 12.5 Å². The predicted molar refractivity (Wildman–Crippen MR) is 88.7 cm³/mol. The Labute approximate surface area is 133 Å². The number of hydrogen-bond acceptors (Lipinski definition) is 2. The third-order valence-corrected chi connectivity index (χ3v) is 5.91. The average Bonchev–Trinajstić information content (AvgIpc) is 2.48. The number of sulfonamides is 1. The molecule has 0 spiro atoms. The molecule has 0 saturated carbocycles. The maximum absolute atomic E-state index is 12.8. The Hall–Kier alpha value is -1.77. The molecule has 3 nitrogen and oxygen atoms in total. The smallest absolute Gasteiger partial charge is 0.265 e. The minimum Gasteiger partial charge on any atom is -0.267 e. The summed E-state index contributed by atoms with van der Waals surface area (Å²) in [6, 6.07) is 13.7. The molecule has 0 N–H and O–H groups in total. The van der Waals surface area contributed by atoms with Gasteiger partial charge in [-0.3, -0.25) is 4.31 Å². The second-order valence-electron chi connectivity index (χ2n) is 4.29. The molecule has 0 amide bonds. The first kappa shape index (κ1) is 15.6. The summed E-state index contributed by atoms with van der Waals surface area (Å²) in [5, 5.41) is 0. The summed E-state index contributed by atoms with van der Waals surface area (Å²) in [6.45, 7) is 2.11. The van der Waals surface area contributed by atoms with Crippen molar-refractivity contribution in [3.8, 4) is 12.3 Å². The zero-order valence-electron chi connectivity index (χ0n) is 11.5. The third kappa shape index (κ3) is 3.12. The summed E-state index contributed by atoms with van der Waals surface area (Å²) in [5.41, 5.74) is 1.21. The number of benzene rings is 2. The van der Waals surface area contributed by atoms with Crippen molar-refractivity contribution in [1.82, 2.24) is 0 Å². The molecule has 0 aliphatic heterocycles. The maximum atomic E-state index is 12.8. The van der Waals surface area contributed by atoms with E-state index >= 15 is 0 Å². The second kappa shape index (κ2) is 6.33. The van der Waals surface area contributed by atoms with Crippen molar-refractivity contribution in [1.29, 1.82) is 0 Å². The van der Waals surface area contributed by atoms with Crippen LogP contribution in [0.15, 0.2) is 57.9 Å². The summed E-state index contributed by atoms with van der Waals surface area (Å²) >= 11 is 3.29. The monoisotopic (exact) mass is 363 g/mol. The van der Waals surface area contributed by atoms with Crippen LogP contribution in [0.25, 0.3) is 0 Å². The van der Waals surface area contributed by atoms with Crippen molar-refractivity contribution in [2.45, 2.75) is 11.8 Å². The summed E-state index contributed by atoms with van der Waals surface area (Å²) in [4.78, 5) is 0.234. The Kier molecular flexibility index (Phi) is 4.71. The van der Waals surface area contributed by atoms with E-state index in [0.29, 0.717) is 22.3 Å². The van der Waals surface area contributed by atoms with Crippen LogP contribution in [0.2, 0.25) is 0 Å². The number of nitrogens with zero attached hydrogens (tertiary/aromatic N) is 1. The molecule has 21 heavy (non-hydrogen) atoms. The topological polar surface area (TPSA) is 37.4 Å². The normalized spacial score (nSPS) is 10.9. The summed E-state index contributed by atoms with van der Waals surface area (Å²) < 4.78 is 27.5. The van der Waals surface area contributed by atoms with Crippen LogP contribution in [0.3, 0.4) is 0 Å². The Morgan fingerprint density at radius 2 is 1.90 bits per heavy atom. The molecule has 0 aliphatic rings. The fraction of sp³-hybridized carbons (Fsp3) is 0.125. The van der Waals surface area contributed by atoms with Crippen LogP contribution in [0.4, 0.5) is 5.69 Å². The molecule has 0 heterocycles. The highest BCUT2D eigenvalue weighted by Gasteiger charge is 2.25. The fourth-order valence-electron chi connectivity index (χ4n) is 2.01. The molecule has 0 aromatic heterocycles. The quantitative estimate of drug-likeness (QED) is 0.777. The molecular weight excluding hydrogens is 350 g/mol. The maximum Gasteiger partial charge on any atom is 0.265 e. The molecule has 0 saturated heterocycles. The summed E-state index contributed by atoms with van der Waals surface area (Å²) in [6.07, 6.45) is 5.38. The van der Waals surface area contributed by atoms with Gasteiger partial charge in [0.05, 0.1) is 5.69 Å². The minimum atomic E-state index is -3.64. The highest BCUT2D eigenvalue weighted by atomic mass is 79.9. The van der Waals surface area contributed by atoms with Crippen LogP contribution in [0.5, 0.6) is 0 Å². The van der Waals surface area contributed by atoms with Crippen LogP contribution < -0.4 is 4.31 Å². The third-order valence-electron chi connectivity index (χ3n) is 2.99. The number of hydrogen-bond donors (Lipinski definition) is 0. The molecule has 2 rings (SSSR count). The van der Waals surface area contributed by atoms with E-state index in [1.165, 1.54) is 4.31 Å². The fourth-order valence-corrected chi connectivity index (χ4v) is 4.45. The first-order valence-electron chi connectivity index (χ1n) is 6.34. The van der Waals surface area contributed by atoms with Crippen molar-refractivity contribution in [3.05, 3.63) is 58.6 Å². The molecule has 2 aromatic carbocycles. The number of rotatable bonds is 4. The zero-order chi connectivity index (χ0) is 15.5. The Morgan fingerprint density at radius 3 is 2.52 bits per heavy atom. The molecule has 0 fully saturated rings. The molecular formula is C16H14BrNO2S.